The fourth-order valence-corrected chi connectivity index (χ4v) is 6.17. The first-order valence-electron chi connectivity index (χ1n) is 8.56. The summed E-state index contributed by atoms with van der Waals surface area (Å²) in [5.74, 6) is -0.00584. The molecule has 1 aliphatic heterocycles. The molecule has 9 heteroatoms. The molecule has 1 unspecified atom stereocenters. The number of nitro benzene ring substituents is 1. The fourth-order valence-electron chi connectivity index (χ4n) is 3.39. The summed E-state index contributed by atoms with van der Waals surface area (Å²) in [7, 11) is -3.94. The number of sulfonamides is 1. The summed E-state index contributed by atoms with van der Waals surface area (Å²) in [5, 5.41) is 12.2. The standard InChI is InChI=1S/C18H17N3O4S2/c22-21(23)15-8-2-4-10-17(15)27(24,25)20-11-5-6-13(12-20)18-19-14-7-1-3-9-16(14)26-18/h1-4,7-10,13H,5-6,11-12H2. The van der Waals surface area contributed by atoms with Gasteiger partial charge in [-0.2, -0.15) is 4.31 Å². The van der Waals surface area contributed by atoms with Crippen LogP contribution < -0.4 is 0 Å². The Labute approximate surface area is 160 Å². The second-order valence-corrected chi connectivity index (χ2v) is 9.42. The summed E-state index contributed by atoms with van der Waals surface area (Å²) >= 11 is 1.58. The first-order valence-corrected chi connectivity index (χ1v) is 10.8. The quantitative estimate of drug-likeness (QED) is 0.488. The Balaban J connectivity index is 1.65. The molecule has 2 heterocycles. The highest BCUT2D eigenvalue weighted by atomic mass is 32.2. The van der Waals surface area contributed by atoms with E-state index in [-0.39, 0.29) is 23.0 Å². The number of thiazole rings is 1. The molecule has 1 atom stereocenters. The molecule has 4 rings (SSSR count). The van der Waals surface area contributed by atoms with Crippen LogP contribution >= 0.6 is 11.3 Å². The molecule has 0 saturated carbocycles. The smallest absolute Gasteiger partial charge is 0.258 e. The van der Waals surface area contributed by atoms with Gasteiger partial charge in [-0.05, 0) is 31.0 Å². The van der Waals surface area contributed by atoms with Crippen molar-refractivity contribution in [2.45, 2.75) is 23.7 Å². The normalized spacial score (nSPS) is 18.6. The molecule has 0 aliphatic carbocycles. The van der Waals surface area contributed by atoms with Crippen molar-refractivity contribution in [3.05, 3.63) is 63.7 Å². The average Bonchev–Trinajstić information content (AvgIpc) is 3.12. The highest BCUT2D eigenvalue weighted by Gasteiger charge is 2.35. The Morgan fingerprint density at radius 1 is 1.15 bits per heavy atom. The number of nitrogens with zero attached hydrogens (tertiary/aromatic N) is 3. The maximum absolute atomic E-state index is 13.1. The number of fused-ring (bicyclic) bond motifs is 1. The van der Waals surface area contributed by atoms with Gasteiger partial charge in [0.15, 0.2) is 4.90 Å². The number of hydrogen-bond acceptors (Lipinski definition) is 6. The van der Waals surface area contributed by atoms with Crippen LogP contribution in [0.2, 0.25) is 0 Å². The molecule has 0 radical (unpaired) electrons. The van der Waals surface area contributed by atoms with Gasteiger partial charge in [0, 0.05) is 25.1 Å². The van der Waals surface area contributed by atoms with Gasteiger partial charge in [-0.3, -0.25) is 10.1 Å². The van der Waals surface area contributed by atoms with Crippen molar-refractivity contribution >= 4 is 37.3 Å². The minimum Gasteiger partial charge on any atom is -0.258 e. The maximum Gasteiger partial charge on any atom is 0.289 e. The molecule has 0 spiro atoms. The lowest BCUT2D eigenvalue weighted by atomic mass is 10.0. The second-order valence-electron chi connectivity index (χ2n) is 6.45. The van der Waals surface area contributed by atoms with Crippen LogP contribution in [0.3, 0.4) is 0 Å². The lowest BCUT2D eigenvalue weighted by Crippen LogP contribution is -2.39. The Hall–Kier alpha value is -2.36. The van der Waals surface area contributed by atoms with Crippen LogP contribution in [0, 0.1) is 10.1 Å². The van der Waals surface area contributed by atoms with Gasteiger partial charge in [-0.15, -0.1) is 11.3 Å². The van der Waals surface area contributed by atoms with Gasteiger partial charge in [-0.25, -0.2) is 13.4 Å². The van der Waals surface area contributed by atoms with Crippen molar-refractivity contribution in [1.29, 1.82) is 0 Å². The van der Waals surface area contributed by atoms with E-state index >= 15 is 0 Å². The molecular weight excluding hydrogens is 386 g/mol. The third kappa shape index (κ3) is 3.33. The van der Waals surface area contributed by atoms with Crippen LogP contribution in [-0.4, -0.2) is 35.7 Å². The van der Waals surface area contributed by atoms with Gasteiger partial charge < -0.3 is 0 Å². The van der Waals surface area contributed by atoms with Crippen molar-refractivity contribution < 1.29 is 13.3 Å². The summed E-state index contributed by atoms with van der Waals surface area (Å²) in [4.78, 5) is 15.0. The van der Waals surface area contributed by atoms with Crippen LogP contribution in [-0.2, 0) is 10.0 Å². The van der Waals surface area contributed by atoms with Crippen molar-refractivity contribution in [3.8, 4) is 0 Å². The minimum atomic E-state index is -3.94. The molecule has 1 fully saturated rings. The minimum absolute atomic E-state index is 0.00584. The van der Waals surface area contributed by atoms with E-state index in [9.17, 15) is 18.5 Å². The van der Waals surface area contributed by atoms with Gasteiger partial charge in [0.2, 0.25) is 10.0 Å². The van der Waals surface area contributed by atoms with Gasteiger partial charge in [0.05, 0.1) is 20.1 Å². The van der Waals surface area contributed by atoms with Gasteiger partial charge in [0.25, 0.3) is 5.69 Å². The molecule has 1 aromatic heterocycles. The molecule has 0 N–H and O–H groups in total. The number of benzene rings is 2. The fraction of sp³-hybridized carbons (Fsp3) is 0.278. The zero-order valence-corrected chi connectivity index (χ0v) is 15.9. The molecule has 1 aliphatic rings. The summed E-state index contributed by atoms with van der Waals surface area (Å²) in [6.07, 6.45) is 1.54. The molecule has 0 bridgehead atoms. The Morgan fingerprint density at radius 2 is 1.89 bits per heavy atom. The Morgan fingerprint density at radius 3 is 2.67 bits per heavy atom. The molecule has 7 nitrogen and oxygen atoms in total. The van der Waals surface area contributed by atoms with Crippen LogP contribution in [0.1, 0.15) is 23.8 Å². The van der Waals surface area contributed by atoms with E-state index in [1.54, 1.807) is 11.3 Å². The van der Waals surface area contributed by atoms with Gasteiger partial charge in [0.1, 0.15) is 0 Å². The third-order valence-electron chi connectivity index (χ3n) is 4.72. The number of rotatable bonds is 4. The molecule has 0 amide bonds. The second kappa shape index (κ2) is 6.99. The van der Waals surface area contributed by atoms with E-state index in [4.69, 9.17) is 0 Å². The molecule has 27 heavy (non-hydrogen) atoms. The highest BCUT2D eigenvalue weighted by Crippen LogP contribution is 2.36. The summed E-state index contributed by atoms with van der Waals surface area (Å²) in [6.45, 7) is 0.643. The monoisotopic (exact) mass is 403 g/mol. The van der Waals surface area contributed by atoms with Crippen molar-refractivity contribution in [3.63, 3.8) is 0 Å². The van der Waals surface area contributed by atoms with E-state index in [2.05, 4.69) is 4.98 Å². The number of para-hydroxylation sites is 2. The van der Waals surface area contributed by atoms with Crippen LogP contribution in [0.15, 0.2) is 53.4 Å². The average molecular weight is 403 g/mol. The highest BCUT2D eigenvalue weighted by molar-refractivity contribution is 7.89. The van der Waals surface area contributed by atoms with Crippen LogP contribution in [0.4, 0.5) is 5.69 Å². The molecular formula is C18H17N3O4S2. The van der Waals surface area contributed by atoms with E-state index in [1.165, 1.54) is 28.6 Å². The molecule has 3 aromatic rings. The lowest BCUT2D eigenvalue weighted by molar-refractivity contribution is -0.387. The van der Waals surface area contributed by atoms with Crippen LogP contribution in [0.5, 0.6) is 0 Å². The summed E-state index contributed by atoms with van der Waals surface area (Å²) < 4.78 is 28.6. The zero-order chi connectivity index (χ0) is 19.0. The van der Waals surface area contributed by atoms with Crippen LogP contribution in [0.25, 0.3) is 10.2 Å². The van der Waals surface area contributed by atoms with E-state index in [1.807, 2.05) is 24.3 Å². The summed E-state index contributed by atoms with van der Waals surface area (Å²) in [5.41, 5.74) is 0.524. The predicted molar refractivity (Wildman–Crippen MR) is 103 cm³/mol. The van der Waals surface area contributed by atoms with Crippen molar-refractivity contribution in [1.82, 2.24) is 9.29 Å². The SMILES string of the molecule is O=[N+]([O-])c1ccccc1S(=O)(=O)N1CCCC(c2nc3ccccc3s2)C1. The predicted octanol–water partition coefficient (Wildman–Crippen LogP) is 3.77. The van der Waals surface area contributed by atoms with Crippen molar-refractivity contribution in [2.75, 3.05) is 13.1 Å². The van der Waals surface area contributed by atoms with E-state index in [0.29, 0.717) is 13.0 Å². The first-order chi connectivity index (χ1) is 13.0. The molecule has 1 saturated heterocycles. The van der Waals surface area contributed by atoms with E-state index in [0.717, 1.165) is 21.6 Å². The van der Waals surface area contributed by atoms with Crippen molar-refractivity contribution in [2.24, 2.45) is 0 Å². The lowest BCUT2D eigenvalue weighted by Gasteiger charge is -2.30. The number of aromatic nitrogens is 1. The summed E-state index contributed by atoms with van der Waals surface area (Å²) in [6, 6.07) is 13.3. The maximum atomic E-state index is 13.1. The largest absolute Gasteiger partial charge is 0.289 e. The molecule has 140 valence electrons. The molecule has 2 aromatic carbocycles. The zero-order valence-electron chi connectivity index (χ0n) is 14.3. The Bertz CT molecular complexity index is 1080. The topological polar surface area (TPSA) is 93.4 Å². The Kier molecular flexibility index (Phi) is 4.67. The number of nitro groups is 1. The van der Waals surface area contributed by atoms with Gasteiger partial charge >= 0.3 is 0 Å². The van der Waals surface area contributed by atoms with E-state index < -0.39 is 14.9 Å². The first kappa shape index (κ1) is 18.0. The number of hydrogen-bond donors (Lipinski definition) is 0. The van der Waals surface area contributed by atoms with Gasteiger partial charge in [-0.1, -0.05) is 24.3 Å². The third-order valence-corrected chi connectivity index (χ3v) is 7.83. The number of piperidine rings is 1.